The van der Waals surface area contributed by atoms with Gasteiger partial charge in [-0.25, -0.2) is 0 Å². The van der Waals surface area contributed by atoms with Gasteiger partial charge in [-0.1, -0.05) is 6.07 Å². The Kier molecular flexibility index (Phi) is 4.12. The van der Waals surface area contributed by atoms with Gasteiger partial charge in [-0.2, -0.15) is 0 Å². The molecule has 0 bridgehead atoms. The van der Waals surface area contributed by atoms with Crippen LogP contribution < -0.4 is 4.74 Å². The van der Waals surface area contributed by atoms with Crippen LogP contribution in [0.3, 0.4) is 0 Å². The third kappa shape index (κ3) is 3.54. The topological polar surface area (TPSA) is 85.5 Å². The summed E-state index contributed by atoms with van der Waals surface area (Å²) in [5.41, 5.74) is 0.750. The number of carbonyl (C=O) groups is 1. The fourth-order valence-corrected chi connectivity index (χ4v) is 1.57. The quantitative estimate of drug-likeness (QED) is 0.858. The Labute approximate surface area is 110 Å². The van der Waals surface area contributed by atoms with Crippen molar-refractivity contribution in [2.75, 3.05) is 6.61 Å². The molecule has 0 saturated carbocycles. The molecule has 0 atom stereocenters. The van der Waals surface area contributed by atoms with Crippen LogP contribution in [0.1, 0.15) is 19.2 Å². The predicted octanol–water partition coefficient (Wildman–Crippen LogP) is 2.15. The van der Waals surface area contributed by atoms with Crippen LogP contribution >= 0.6 is 0 Å². The zero-order valence-electron chi connectivity index (χ0n) is 10.5. The van der Waals surface area contributed by atoms with E-state index in [-0.39, 0.29) is 12.8 Å². The summed E-state index contributed by atoms with van der Waals surface area (Å²) in [4.78, 5) is 10.5. The van der Waals surface area contributed by atoms with E-state index in [0.29, 0.717) is 18.4 Å². The van der Waals surface area contributed by atoms with Crippen LogP contribution in [-0.2, 0) is 11.2 Å². The fourth-order valence-electron chi connectivity index (χ4n) is 1.57. The molecule has 2 aromatic rings. The van der Waals surface area contributed by atoms with Crippen LogP contribution in [-0.4, -0.2) is 27.9 Å². The van der Waals surface area contributed by atoms with Crippen molar-refractivity contribution in [2.24, 2.45) is 0 Å². The van der Waals surface area contributed by atoms with Crippen LogP contribution in [0.2, 0.25) is 0 Å². The minimum absolute atomic E-state index is 0.0272. The van der Waals surface area contributed by atoms with E-state index in [2.05, 4.69) is 10.2 Å². The molecule has 1 aromatic carbocycles. The maximum Gasteiger partial charge on any atom is 0.303 e. The van der Waals surface area contributed by atoms with Gasteiger partial charge in [0.1, 0.15) is 5.75 Å². The molecule has 0 spiro atoms. The Hall–Kier alpha value is -2.37. The predicted molar refractivity (Wildman–Crippen MR) is 66.9 cm³/mol. The van der Waals surface area contributed by atoms with E-state index in [1.807, 2.05) is 25.1 Å². The van der Waals surface area contributed by atoms with Crippen LogP contribution in [0.25, 0.3) is 11.5 Å². The highest BCUT2D eigenvalue weighted by Gasteiger charge is 2.10. The van der Waals surface area contributed by atoms with Gasteiger partial charge in [-0.3, -0.25) is 4.79 Å². The second-order valence-electron chi connectivity index (χ2n) is 3.86. The molecule has 0 aliphatic carbocycles. The zero-order chi connectivity index (χ0) is 13.7. The number of benzene rings is 1. The van der Waals surface area contributed by atoms with E-state index in [1.54, 1.807) is 6.07 Å². The summed E-state index contributed by atoms with van der Waals surface area (Å²) in [5.74, 6) is 0.518. The van der Waals surface area contributed by atoms with Gasteiger partial charge in [0.25, 0.3) is 0 Å². The first-order chi connectivity index (χ1) is 9.19. The first kappa shape index (κ1) is 13.1. The van der Waals surface area contributed by atoms with E-state index < -0.39 is 5.97 Å². The number of ether oxygens (including phenoxy) is 1. The summed E-state index contributed by atoms with van der Waals surface area (Å²) in [6, 6.07) is 7.31. The molecular formula is C13H14N2O4. The number of aliphatic carboxylic acids is 1. The molecule has 0 unspecified atom stereocenters. The standard InChI is InChI=1S/C13H14N2O4/c1-2-18-10-5-3-4-9(8-10)13-15-14-11(19-13)6-7-12(16)17/h3-5,8H,2,6-7H2,1H3,(H,16,17). The van der Waals surface area contributed by atoms with E-state index in [4.69, 9.17) is 14.3 Å². The van der Waals surface area contributed by atoms with Gasteiger partial charge in [0.15, 0.2) is 0 Å². The lowest BCUT2D eigenvalue weighted by atomic mass is 10.2. The van der Waals surface area contributed by atoms with Crippen LogP contribution in [0.4, 0.5) is 0 Å². The van der Waals surface area contributed by atoms with Crippen LogP contribution in [0.15, 0.2) is 28.7 Å². The summed E-state index contributed by atoms with van der Waals surface area (Å²) in [7, 11) is 0. The smallest absolute Gasteiger partial charge is 0.303 e. The molecule has 1 heterocycles. The third-order valence-corrected chi connectivity index (χ3v) is 2.41. The van der Waals surface area contributed by atoms with Crippen molar-refractivity contribution in [2.45, 2.75) is 19.8 Å². The van der Waals surface area contributed by atoms with E-state index >= 15 is 0 Å². The van der Waals surface area contributed by atoms with Crippen molar-refractivity contribution >= 4 is 5.97 Å². The minimum atomic E-state index is -0.891. The molecule has 6 heteroatoms. The summed E-state index contributed by atoms with van der Waals surface area (Å²) >= 11 is 0. The lowest BCUT2D eigenvalue weighted by Gasteiger charge is -2.03. The highest BCUT2D eigenvalue weighted by molar-refractivity contribution is 5.66. The first-order valence-corrected chi connectivity index (χ1v) is 5.96. The van der Waals surface area contributed by atoms with Gasteiger partial charge in [0.05, 0.1) is 13.0 Å². The molecule has 6 nitrogen and oxygen atoms in total. The molecule has 0 amide bonds. The van der Waals surface area contributed by atoms with Gasteiger partial charge in [0.2, 0.25) is 11.8 Å². The zero-order valence-corrected chi connectivity index (χ0v) is 10.5. The molecule has 0 aliphatic rings. The number of aromatic nitrogens is 2. The van der Waals surface area contributed by atoms with Gasteiger partial charge in [-0.15, -0.1) is 10.2 Å². The van der Waals surface area contributed by atoms with Gasteiger partial charge in [0, 0.05) is 12.0 Å². The van der Waals surface area contributed by atoms with E-state index in [0.717, 1.165) is 11.3 Å². The molecule has 0 aliphatic heterocycles. The summed E-state index contributed by atoms with van der Waals surface area (Å²) in [5, 5.41) is 16.3. The summed E-state index contributed by atoms with van der Waals surface area (Å²) in [6.07, 6.45) is 0.202. The van der Waals surface area contributed by atoms with E-state index in [9.17, 15) is 4.79 Å². The fraction of sp³-hybridized carbons (Fsp3) is 0.308. The number of carboxylic acid groups (broad SMARTS) is 1. The van der Waals surface area contributed by atoms with Gasteiger partial charge < -0.3 is 14.3 Å². The summed E-state index contributed by atoms with van der Waals surface area (Å²) < 4.78 is 10.8. The number of hydrogen-bond acceptors (Lipinski definition) is 5. The number of hydrogen-bond donors (Lipinski definition) is 1. The van der Waals surface area contributed by atoms with Crippen molar-refractivity contribution in [1.82, 2.24) is 10.2 Å². The largest absolute Gasteiger partial charge is 0.494 e. The van der Waals surface area contributed by atoms with Gasteiger partial charge in [-0.05, 0) is 25.1 Å². The van der Waals surface area contributed by atoms with Crippen molar-refractivity contribution in [3.63, 3.8) is 0 Å². The summed E-state index contributed by atoms with van der Waals surface area (Å²) in [6.45, 7) is 2.49. The third-order valence-electron chi connectivity index (χ3n) is 2.41. The SMILES string of the molecule is CCOc1cccc(-c2nnc(CCC(=O)O)o2)c1. The maximum atomic E-state index is 10.5. The lowest BCUT2D eigenvalue weighted by molar-refractivity contribution is -0.137. The Morgan fingerprint density at radius 2 is 2.26 bits per heavy atom. The van der Waals surface area contributed by atoms with Crippen LogP contribution in [0.5, 0.6) is 5.75 Å². The highest BCUT2D eigenvalue weighted by Crippen LogP contribution is 2.23. The molecule has 2 rings (SSSR count). The average Bonchev–Trinajstić information content (AvgIpc) is 2.86. The Morgan fingerprint density at radius 1 is 1.42 bits per heavy atom. The number of carboxylic acids is 1. The lowest BCUT2D eigenvalue weighted by Crippen LogP contribution is -1.97. The maximum absolute atomic E-state index is 10.5. The van der Waals surface area contributed by atoms with Crippen molar-refractivity contribution in [3.05, 3.63) is 30.2 Å². The highest BCUT2D eigenvalue weighted by atomic mass is 16.5. The monoisotopic (exact) mass is 262 g/mol. The molecule has 0 saturated heterocycles. The Bertz CT molecular complexity index is 565. The Morgan fingerprint density at radius 3 is 3.00 bits per heavy atom. The van der Waals surface area contributed by atoms with Crippen molar-refractivity contribution < 1.29 is 19.1 Å². The molecular weight excluding hydrogens is 248 g/mol. The second kappa shape index (κ2) is 5.99. The normalized spacial score (nSPS) is 10.4. The van der Waals surface area contributed by atoms with Gasteiger partial charge >= 0.3 is 5.97 Å². The van der Waals surface area contributed by atoms with Crippen LogP contribution in [0, 0.1) is 0 Å². The van der Waals surface area contributed by atoms with Crippen molar-refractivity contribution in [3.8, 4) is 17.2 Å². The van der Waals surface area contributed by atoms with E-state index in [1.165, 1.54) is 0 Å². The first-order valence-electron chi connectivity index (χ1n) is 5.96. The molecule has 0 fully saturated rings. The average molecular weight is 262 g/mol. The van der Waals surface area contributed by atoms with Crippen molar-refractivity contribution in [1.29, 1.82) is 0 Å². The molecule has 100 valence electrons. The second-order valence-corrected chi connectivity index (χ2v) is 3.86. The Balaban J connectivity index is 2.13. The number of rotatable bonds is 6. The minimum Gasteiger partial charge on any atom is -0.494 e. The number of aryl methyl sites for hydroxylation is 1. The molecule has 1 aromatic heterocycles. The molecule has 0 radical (unpaired) electrons. The number of nitrogens with zero attached hydrogens (tertiary/aromatic N) is 2. The molecule has 19 heavy (non-hydrogen) atoms. The molecule has 1 N–H and O–H groups in total.